The van der Waals surface area contributed by atoms with Crippen molar-refractivity contribution in [2.24, 2.45) is 4.99 Å². The molecule has 0 aliphatic carbocycles. The summed E-state index contributed by atoms with van der Waals surface area (Å²) in [4.78, 5) is 32.1. The van der Waals surface area contributed by atoms with Gasteiger partial charge in [-0.2, -0.15) is 0 Å². The summed E-state index contributed by atoms with van der Waals surface area (Å²) >= 11 is 3.27. The lowest BCUT2D eigenvalue weighted by Crippen LogP contribution is -2.39. The molecule has 1 atom stereocenters. The van der Waals surface area contributed by atoms with E-state index in [0.29, 0.717) is 41.2 Å². The van der Waals surface area contributed by atoms with Crippen LogP contribution in [0.3, 0.4) is 0 Å². The molecule has 0 unspecified atom stereocenters. The Bertz CT molecular complexity index is 1800. The van der Waals surface area contributed by atoms with Gasteiger partial charge in [0.1, 0.15) is 5.75 Å². The number of allylic oxidation sites excluding steroid dienone is 2. The number of benzene rings is 3. The highest BCUT2D eigenvalue weighted by Gasteiger charge is 2.33. The molecule has 1 N–H and O–H groups in total. The molecule has 1 aliphatic rings. The van der Waals surface area contributed by atoms with Gasteiger partial charge in [0.2, 0.25) is 0 Å². The van der Waals surface area contributed by atoms with Crippen molar-refractivity contribution in [2.75, 3.05) is 14.2 Å². The third-order valence-electron chi connectivity index (χ3n) is 6.39. The van der Waals surface area contributed by atoms with E-state index in [0.717, 1.165) is 16.3 Å². The number of carbonyl (C=O) groups is 1. The monoisotopic (exact) mass is 626 g/mol. The Hall–Kier alpha value is -3.44. The number of methoxy groups -OCH3 is 2. The highest BCUT2D eigenvalue weighted by molar-refractivity contribution is 14.1. The van der Waals surface area contributed by atoms with Gasteiger partial charge in [-0.3, -0.25) is 14.2 Å². The Morgan fingerprint density at radius 1 is 1.14 bits per heavy atom. The first kappa shape index (κ1) is 25.2. The number of phenols is 1. The summed E-state index contributed by atoms with van der Waals surface area (Å²) in [5.41, 5.74) is 2.20. The largest absolute Gasteiger partial charge is 0.504 e. The zero-order valence-corrected chi connectivity index (χ0v) is 23.5. The summed E-state index contributed by atoms with van der Waals surface area (Å²) in [5.74, 6) is 0.795. The van der Waals surface area contributed by atoms with Gasteiger partial charge in [0.15, 0.2) is 22.1 Å². The number of thiazole rings is 1. The maximum absolute atomic E-state index is 13.9. The van der Waals surface area contributed by atoms with Gasteiger partial charge in [0.05, 0.1) is 28.4 Å². The van der Waals surface area contributed by atoms with E-state index in [1.807, 2.05) is 59.0 Å². The van der Waals surface area contributed by atoms with Gasteiger partial charge in [-0.15, -0.1) is 0 Å². The smallest absolute Gasteiger partial charge is 0.271 e. The highest BCUT2D eigenvalue weighted by Crippen LogP contribution is 2.40. The number of aromatic nitrogens is 1. The molecule has 3 aromatic carbocycles. The normalized spacial score (nSPS) is 15.5. The molecule has 0 saturated carbocycles. The van der Waals surface area contributed by atoms with E-state index in [1.54, 1.807) is 36.8 Å². The van der Waals surface area contributed by atoms with Crippen molar-refractivity contribution >= 4 is 56.6 Å². The highest BCUT2D eigenvalue weighted by atomic mass is 127. The minimum Gasteiger partial charge on any atom is -0.504 e. The number of carbonyl (C=O) groups excluding carboxylic acids is 1. The maximum Gasteiger partial charge on any atom is 0.271 e. The Morgan fingerprint density at radius 2 is 1.86 bits per heavy atom. The van der Waals surface area contributed by atoms with E-state index < -0.39 is 6.04 Å². The van der Waals surface area contributed by atoms with Crippen molar-refractivity contribution in [3.8, 4) is 17.2 Å². The minimum atomic E-state index is -0.702. The van der Waals surface area contributed by atoms with E-state index in [2.05, 4.69) is 4.99 Å². The molecule has 0 bridgehead atoms. The van der Waals surface area contributed by atoms with Gasteiger partial charge in [-0.25, -0.2) is 4.99 Å². The van der Waals surface area contributed by atoms with Crippen LogP contribution in [0.4, 0.5) is 0 Å². The lowest BCUT2D eigenvalue weighted by Gasteiger charge is -2.27. The number of nitrogens with zero attached hydrogens (tertiary/aromatic N) is 2. The molecule has 0 fully saturated rings. The summed E-state index contributed by atoms with van der Waals surface area (Å²) in [6.07, 6.45) is 1.75. The van der Waals surface area contributed by atoms with Crippen molar-refractivity contribution < 1.29 is 19.4 Å². The first-order valence-corrected chi connectivity index (χ1v) is 13.3. The van der Waals surface area contributed by atoms with E-state index in [4.69, 9.17) is 9.47 Å². The van der Waals surface area contributed by atoms with Crippen LogP contribution in [0.15, 0.2) is 69.6 Å². The van der Waals surface area contributed by atoms with Crippen LogP contribution in [0.25, 0.3) is 16.8 Å². The number of fused-ring (bicyclic) bond motifs is 2. The van der Waals surface area contributed by atoms with Crippen LogP contribution in [0.1, 0.15) is 31.0 Å². The summed E-state index contributed by atoms with van der Waals surface area (Å²) < 4.78 is 13.7. The molecule has 5 rings (SSSR count). The number of aromatic hydroxyl groups is 1. The summed E-state index contributed by atoms with van der Waals surface area (Å²) in [6.45, 7) is 3.30. The third kappa shape index (κ3) is 4.25. The van der Waals surface area contributed by atoms with Crippen LogP contribution < -0.4 is 24.4 Å². The minimum absolute atomic E-state index is 0.0477. The van der Waals surface area contributed by atoms with Crippen molar-refractivity contribution in [2.45, 2.75) is 19.9 Å². The van der Waals surface area contributed by atoms with E-state index in [-0.39, 0.29) is 17.1 Å². The van der Waals surface area contributed by atoms with Gasteiger partial charge < -0.3 is 14.6 Å². The number of phenolic OH excluding ortho intramolecular Hbond substituents is 1. The second-order valence-electron chi connectivity index (χ2n) is 8.59. The molecule has 188 valence electrons. The van der Waals surface area contributed by atoms with Gasteiger partial charge in [-0.05, 0) is 77.0 Å². The standard InChI is InChI=1S/C28H23IN2O5S/c1-14-23(15(2)32)25(24-18-8-6-5-7-17(18)9-10-20(24)35-3)31-27(34)22(37-28(31)30-14)13-16-11-19(29)26(33)21(12-16)36-4/h5-13,25,33H,1-4H3/b22-13+/t25-/m0/s1. The second kappa shape index (κ2) is 9.79. The summed E-state index contributed by atoms with van der Waals surface area (Å²) in [6, 6.07) is 14.4. The first-order chi connectivity index (χ1) is 17.7. The third-order valence-corrected chi connectivity index (χ3v) is 8.20. The Kier molecular flexibility index (Phi) is 6.67. The summed E-state index contributed by atoms with van der Waals surface area (Å²) in [7, 11) is 3.06. The molecule has 2 heterocycles. The lowest BCUT2D eigenvalue weighted by atomic mass is 9.89. The summed E-state index contributed by atoms with van der Waals surface area (Å²) in [5, 5.41) is 12.1. The van der Waals surface area contributed by atoms with Crippen molar-refractivity contribution in [3.63, 3.8) is 0 Å². The Morgan fingerprint density at radius 3 is 2.57 bits per heavy atom. The number of ketones is 1. The van der Waals surface area contributed by atoms with Crippen LogP contribution >= 0.6 is 33.9 Å². The number of hydrogen-bond donors (Lipinski definition) is 1. The van der Waals surface area contributed by atoms with E-state index in [9.17, 15) is 14.7 Å². The molecule has 7 nitrogen and oxygen atoms in total. The van der Waals surface area contributed by atoms with Gasteiger partial charge in [-0.1, -0.05) is 41.7 Å². The molecular formula is C28H23IN2O5S. The van der Waals surface area contributed by atoms with Crippen molar-refractivity contribution in [3.05, 3.63) is 94.2 Å². The van der Waals surface area contributed by atoms with Crippen LogP contribution in [-0.4, -0.2) is 29.7 Å². The second-order valence-corrected chi connectivity index (χ2v) is 10.8. The molecule has 0 amide bonds. The number of Topliss-reactive ketones (excluding diaryl/α,β-unsaturated/α-hetero) is 1. The fourth-order valence-corrected chi connectivity index (χ4v) is 6.44. The first-order valence-electron chi connectivity index (χ1n) is 11.4. The number of rotatable bonds is 5. The van der Waals surface area contributed by atoms with Crippen molar-refractivity contribution in [1.29, 1.82) is 0 Å². The molecule has 37 heavy (non-hydrogen) atoms. The fraction of sp³-hybridized carbons (Fsp3) is 0.179. The predicted octanol–water partition coefficient (Wildman–Crippen LogP) is 4.30. The zero-order valence-electron chi connectivity index (χ0n) is 20.5. The molecule has 0 radical (unpaired) electrons. The quantitative estimate of drug-likeness (QED) is 0.334. The lowest BCUT2D eigenvalue weighted by molar-refractivity contribution is -0.114. The molecule has 4 aromatic rings. The van der Waals surface area contributed by atoms with Crippen molar-refractivity contribution in [1.82, 2.24) is 4.57 Å². The number of hydrogen-bond acceptors (Lipinski definition) is 7. The van der Waals surface area contributed by atoms with E-state index in [1.165, 1.54) is 25.4 Å². The molecule has 9 heteroatoms. The fourth-order valence-electron chi connectivity index (χ4n) is 4.76. The van der Waals surface area contributed by atoms with Gasteiger partial charge >= 0.3 is 0 Å². The van der Waals surface area contributed by atoms with Crippen LogP contribution in [0.5, 0.6) is 17.2 Å². The maximum atomic E-state index is 13.9. The average molecular weight is 626 g/mol. The predicted molar refractivity (Wildman–Crippen MR) is 152 cm³/mol. The SMILES string of the molecule is COc1cc(/C=c2/sc3n(c2=O)[C@H](c2c(OC)ccc4ccccc24)C(C(C)=O)=C(C)N=3)cc(I)c1O. The topological polar surface area (TPSA) is 90.1 Å². The number of halogens is 1. The molecule has 1 aromatic heterocycles. The molecule has 1 aliphatic heterocycles. The number of ether oxygens (including phenoxy) is 2. The van der Waals surface area contributed by atoms with Crippen LogP contribution in [0, 0.1) is 3.57 Å². The van der Waals surface area contributed by atoms with E-state index >= 15 is 0 Å². The molecule has 0 spiro atoms. The van der Waals surface area contributed by atoms with Gasteiger partial charge in [0, 0.05) is 16.8 Å². The Labute approximate surface area is 230 Å². The zero-order chi connectivity index (χ0) is 26.4. The molecule has 0 saturated heterocycles. The molecular weight excluding hydrogens is 603 g/mol. The van der Waals surface area contributed by atoms with Crippen LogP contribution in [0.2, 0.25) is 0 Å². The average Bonchev–Trinajstić information content (AvgIpc) is 3.18. The Balaban J connectivity index is 1.84. The van der Waals surface area contributed by atoms with Gasteiger partial charge in [0.25, 0.3) is 5.56 Å². The van der Waals surface area contributed by atoms with Crippen LogP contribution in [-0.2, 0) is 4.79 Å².